The zero-order valence-corrected chi connectivity index (χ0v) is 44.3. The molecule has 0 saturated carbocycles. The van der Waals surface area contributed by atoms with Crippen molar-refractivity contribution in [3.8, 4) is 34.4 Å². The van der Waals surface area contributed by atoms with Gasteiger partial charge in [-0.05, 0) is 88.6 Å². The Kier molecular flexibility index (Phi) is 16.6. The van der Waals surface area contributed by atoms with Gasteiger partial charge in [0.15, 0.2) is 0 Å². The summed E-state index contributed by atoms with van der Waals surface area (Å²) in [5, 5.41) is 8.16. The summed E-state index contributed by atoms with van der Waals surface area (Å²) in [5.74, 6) is 3.67. The van der Waals surface area contributed by atoms with Crippen molar-refractivity contribution < 1.29 is 33.4 Å². The number of hydrazine groups is 1. The number of fused-ring (bicyclic) bond motifs is 6. The summed E-state index contributed by atoms with van der Waals surface area (Å²) < 4.78 is 14.3. The van der Waals surface area contributed by atoms with E-state index < -0.39 is 41.3 Å². The molecule has 7 rings (SSSR count). The smallest absolute Gasteiger partial charge is 0.324 e. The molecule has 6 heterocycles. The fourth-order valence-corrected chi connectivity index (χ4v) is 11.2. The van der Waals surface area contributed by atoms with Gasteiger partial charge >= 0.3 is 12.0 Å². The first kappa shape index (κ1) is 52.9. The van der Waals surface area contributed by atoms with Crippen LogP contribution in [0.1, 0.15) is 90.6 Å². The number of carbonyl (C=O) groups excluding carboxylic acids is 5. The Morgan fingerprint density at radius 1 is 1.08 bits per heavy atom. The highest BCUT2D eigenvalue weighted by molar-refractivity contribution is 7.10. The molecule has 2 saturated heterocycles. The van der Waals surface area contributed by atoms with E-state index in [1.165, 1.54) is 26.1 Å². The molecule has 3 aromatic heterocycles. The van der Waals surface area contributed by atoms with Gasteiger partial charge in [-0.1, -0.05) is 39.7 Å². The number of pyridine rings is 1. The molecule has 5 amide bonds. The van der Waals surface area contributed by atoms with Crippen LogP contribution in [0.3, 0.4) is 0 Å². The van der Waals surface area contributed by atoms with Gasteiger partial charge in [0.05, 0.1) is 41.3 Å². The summed E-state index contributed by atoms with van der Waals surface area (Å²) in [6, 6.07) is 6.88. The predicted octanol–water partition coefficient (Wildman–Crippen LogP) is 5.77. The van der Waals surface area contributed by atoms with Gasteiger partial charge in [0.1, 0.15) is 18.1 Å². The first-order chi connectivity index (χ1) is 33.7. The van der Waals surface area contributed by atoms with Crippen LogP contribution in [0.4, 0.5) is 4.79 Å². The van der Waals surface area contributed by atoms with Gasteiger partial charge in [-0.15, -0.1) is 11.3 Å². The van der Waals surface area contributed by atoms with Gasteiger partial charge in [0.25, 0.3) is 11.8 Å². The Balaban J connectivity index is 1.21. The van der Waals surface area contributed by atoms with Crippen LogP contribution in [0.5, 0.6) is 0 Å². The summed E-state index contributed by atoms with van der Waals surface area (Å²) in [7, 11) is 6.64. The van der Waals surface area contributed by atoms with Crippen LogP contribution in [0, 0.1) is 23.2 Å². The number of carbonyl (C=O) groups is 5. The van der Waals surface area contributed by atoms with Crippen LogP contribution in [0.25, 0.3) is 33.4 Å². The number of urea groups is 1. The van der Waals surface area contributed by atoms with E-state index in [-0.39, 0.29) is 49.1 Å². The highest BCUT2D eigenvalue weighted by atomic mass is 32.1. The summed E-state index contributed by atoms with van der Waals surface area (Å²) in [4.78, 5) is 86.7. The molecule has 18 heteroatoms. The van der Waals surface area contributed by atoms with Crippen LogP contribution < -0.4 is 10.7 Å². The first-order valence-electron chi connectivity index (χ1n) is 24.8. The number of cyclic esters (lactones) is 1. The molecule has 0 aliphatic carbocycles. The maximum Gasteiger partial charge on any atom is 0.324 e. The highest BCUT2D eigenvalue weighted by Crippen LogP contribution is 2.42. The lowest BCUT2D eigenvalue weighted by atomic mass is 9.84. The molecule has 6 atom stereocenters. The van der Waals surface area contributed by atoms with Crippen LogP contribution in [-0.2, 0) is 48.0 Å². The number of likely N-dealkylation sites (N-methyl/N-ethyl adjacent to an activating group) is 1. The van der Waals surface area contributed by atoms with Gasteiger partial charge in [0.2, 0.25) is 5.91 Å². The minimum Gasteiger partial charge on any atom is -0.464 e. The van der Waals surface area contributed by atoms with E-state index >= 15 is 0 Å². The zero-order chi connectivity index (χ0) is 51.5. The monoisotopic (exact) mass is 993 g/mol. The number of benzene rings is 1. The molecule has 2 fully saturated rings. The Bertz CT molecular complexity index is 2670. The number of hydrogen-bond acceptors (Lipinski definition) is 12. The number of rotatable bonds is 9. The normalized spacial score (nSPS) is 21.7. The molecule has 0 spiro atoms. The van der Waals surface area contributed by atoms with Crippen molar-refractivity contribution in [2.24, 2.45) is 11.3 Å². The lowest BCUT2D eigenvalue weighted by molar-refractivity contribution is -0.155. The minimum absolute atomic E-state index is 0.0730. The zero-order valence-electron chi connectivity index (χ0n) is 43.5. The number of nitrogens with one attached hydrogen (secondary N) is 2. The van der Waals surface area contributed by atoms with Crippen molar-refractivity contribution in [3.63, 3.8) is 0 Å². The van der Waals surface area contributed by atoms with E-state index in [1.54, 1.807) is 39.3 Å². The number of methoxy groups -OCH3 is 1. The van der Waals surface area contributed by atoms with Crippen LogP contribution >= 0.6 is 11.3 Å². The second-order valence-corrected chi connectivity index (χ2v) is 21.6. The Labute approximate surface area is 422 Å². The number of esters is 1. The van der Waals surface area contributed by atoms with E-state index in [4.69, 9.17) is 19.4 Å². The molecule has 0 unspecified atom stereocenters. The number of piperazine rings is 1. The Morgan fingerprint density at radius 2 is 1.82 bits per heavy atom. The molecule has 1 aromatic carbocycles. The van der Waals surface area contributed by atoms with Crippen LogP contribution in [0.15, 0.2) is 41.9 Å². The molecule has 3 aliphatic heterocycles. The van der Waals surface area contributed by atoms with Gasteiger partial charge in [-0.3, -0.25) is 34.1 Å². The minimum atomic E-state index is -1.09. The van der Waals surface area contributed by atoms with Crippen molar-refractivity contribution in [1.29, 1.82) is 0 Å². The van der Waals surface area contributed by atoms with Crippen molar-refractivity contribution in [3.05, 3.63) is 58.2 Å². The van der Waals surface area contributed by atoms with Crippen molar-refractivity contribution >= 4 is 52.0 Å². The third-order valence-electron chi connectivity index (χ3n) is 13.9. The van der Waals surface area contributed by atoms with E-state index in [0.29, 0.717) is 57.0 Å². The molecule has 0 radical (unpaired) electrons. The SMILES string of the molecule is CCn1c(-c2cccnc2[C@H](C)OC)c2c3cc(ccc31)-c1csc(n1)C[C@H](NC(=O)[C@H](C(C)C)N(C)C(=O)N1[C@H](C)CN(CC#CC(=O)N(C)C)C[C@H]1C)C(=O)N1CCC[C@H](N1)C(=O)OCC(C)(C)C2. The molecular weight excluding hydrogens is 921 g/mol. The Hall–Kier alpha value is -5.87. The van der Waals surface area contributed by atoms with Gasteiger partial charge in [-0.25, -0.2) is 15.2 Å². The summed E-state index contributed by atoms with van der Waals surface area (Å²) in [5.41, 5.74) is 9.27. The fourth-order valence-electron chi connectivity index (χ4n) is 10.3. The van der Waals surface area contributed by atoms with E-state index in [0.717, 1.165) is 44.7 Å². The summed E-state index contributed by atoms with van der Waals surface area (Å²) in [6.07, 6.45) is 3.18. The quantitative estimate of drug-likeness (QED) is 0.154. The van der Waals surface area contributed by atoms with Crippen molar-refractivity contribution in [1.82, 2.24) is 49.9 Å². The number of nitrogens with zero attached hydrogens (tertiary/aromatic N) is 8. The van der Waals surface area contributed by atoms with Gasteiger partial charge in [0, 0.05) is 112 Å². The van der Waals surface area contributed by atoms with Crippen LogP contribution in [0.2, 0.25) is 0 Å². The Morgan fingerprint density at radius 3 is 2.49 bits per heavy atom. The molecular formula is C53H72N10O7S. The number of aromatic nitrogens is 3. The van der Waals surface area contributed by atoms with E-state index in [1.807, 2.05) is 46.1 Å². The molecule has 4 aromatic rings. The average molecular weight is 993 g/mol. The fraction of sp³-hybridized carbons (Fsp3) is 0.566. The molecule has 17 nitrogen and oxygen atoms in total. The summed E-state index contributed by atoms with van der Waals surface area (Å²) >= 11 is 1.41. The maximum atomic E-state index is 14.8. The summed E-state index contributed by atoms with van der Waals surface area (Å²) in [6.45, 7) is 18.6. The van der Waals surface area contributed by atoms with Crippen LogP contribution in [-0.4, -0.2) is 160 Å². The first-order valence-corrected chi connectivity index (χ1v) is 25.7. The number of hydrogen-bond donors (Lipinski definition) is 2. The third kappa shape index (κ3) is 11.6. The average Bonchev–Trinajstić information content (AvgIpc) is 3.93. The molecule has 382 valence electrons. The van der Waals surface area contributed by atoms with Gasteiger partial charge < -0.3 is 34.1 Å². The lowest BCUT2D eigenvalue weighted by Crippen LogP contribution is -2.65. The van der Waals surface area contributed by atoms with E-state index in [2.05, 4.69) is 77.1 Å². The topological polar surface area (TPSA) is 175 Å². The highest BCUT2D eigenvalue weighted by Gasteiger charge is 2.41. The number of ether oxygens (including phenoxy) is 2. The molecule has 2 N–H and O–H groups in total. The largest absolute Gasteiger partial charge is 0.464 e. The number of amides is 5. The standard InChI is InChI=1S/C53H72N10O7S/c1-13-61-43-21-20-36-25-38(43)39(48(61)37-17-14-22-54-46(37)35(6)69-12)27-53(7,8)31-70-51(67)40-18-15-24-62(57-40)50(66)41(26-44-55-42(36)30-71-44)56-49(65)47(32(2)3)59(11)52(68)63-33(4)28-60(29-34(63)5)23-16-19-45(64)58(9)10/h14,17,20-22,25,30,32-35,40-41,47,57H,13,15,18,23-24,26-29,31H2,1-12H3,(H,56,65)/t33-,34-,35+,40+,41+,47+/m1/s1. The van der Waals surface area contributed by atoms with Crippen molar-refractivity contribution in [2.75, 3.05) is 61.0 Å². The molecule has 71 heavy (non-hydrogen) atoms. The van der Waals surface area contributed by atoms with E-state index in [9.17, 15) is 24.0 Å². The number of thiazole rings is 1. The molecule has 3 aliphatic rings. The van der Waals surface area contributed by atoms with Crippen molar-refractivity contribution in [2.45, 2.75) is 124 Å². The number of aryl methyl sites for hydroxylation is 1. The lowest BCUT2D eigenvalue weighted by Gasteiger charge is -2.46. The second kappa shape index (κ2) is 22.3. The second-order valence-electron chi connectivity index (χ2n) is 20.7. The third-order valence-corrected chi connectivity index (χ3v) is 14.8. The van der Waals surface area contributed by atoms with Gasteiger partial charge in [-0.2, -0.15) is 0 Å². The predicted molar refractivity (Wildman–Crippen MR) is 275 cm³/mol. The maximum absolute atomic E-state index is 14.8. The molecule has 6 bridgehead atoms.